The minimum atomic E-state index is -3.50. The number of thiophene rings is 1. The van der Waals surface area contributed by atoms with E-state index in [1.165, 1.54) is 34.0 Å². The van der Waals surface area contributed by atoms with Gasteiger partial charge in [0.05, 0.1) is 5.92 Å². The minimum Gasteiger partial charge on any atom is -0.352 e. The van der Waals surface area contributed by atoms with Gasteiger partial charge in [-0.3, -0.25) is 9.69 Å². The van der Waals surface area contributed by atoms with Gasteiger partial charge >= 0.3 is 0 Å². The zero-order valence-electron chi connectivity index (χ0n) is 17.1. The Kier molecular flexibility index (Phi) is 6.87. The van der Waals surface area contributed by atoms with E-state index in [0.29, 0.717) is 23.7 Å². The van der Waals surface area contributed by atoms with Gasteiger partial charge in [-0.15, -0.1) is 11.3 Å². The van der Waals surface area contributed by atoms with E-state index in [4.69, 9.17) is 0 Å². The predicted octanol–water partition coefficient (Wildman–Crippen LogP) is 3.06. The lowest BCUT2D eigenvalue weighted by atomic mass is 9.98. The van der Waals surface area contributed by atoms with Crippen molar-refractivity contribution in [1.29, 1.82) is 0 Å². The van der Waals surface area contributed by atoms with E-state index in [9.17, 15) is 13.2 Å². The van der Waals surface area contributed by atoms with Gasteiger partial charge in [0.2, 0.25) is 5.91 Å². The number of carbonyl (C=O) groups is 1. The van der Waals surface area contributed by atoms with Gasteiger partial charge in [-0.05, 0) is 61.3 Å². The Morgan fingerprint density at radius 1 is 1.07 bits per heavy atom. The molecule has 8 heteroatoms. The van der Waals surface area contributed by atoms with Crippen LogP contribution in [0, 0.1) is 5.92 Å². The Hall–Kier alpha value is -1.74. The Morgan fingerprint density at radius 3 is 2.63 bits per heavy atom. The number of hydrogen-bond acceptors (Lipinski definition) is 5. The van der Waals surface area contributed by atoms with Crippen LogP contribution < -0.4 is 5.32 Å². The maximum Gasteiger partial charge on any atom is 0.252 e. The summed E-state index contributed by atoms with van der Waals surface area (Å²) < 4.78 is 27.4. The number of hydrogen-bond donors (Lipinski definition) is 1. The number of nitrogens with one attached hydrogen (secondary N) is 1. The van der Waals surface area contributed by atoms with Crippen molar-refractivity contribution in [3.63, 3.8) is 0 Å². The van der Waals surface area contributed by atoms with Crippen LogP contribution in [-0.4, -0.2) is 49.7 Å². The van der Waals surface area contributed by atoms with E-state index in [0.717, 1.165) is 31.6 Å². The third kappa shape index (κ3) is 5.11. The molecule has 1 N–H and O–H groups in total. The number of likely N-dealkylation sites (tertiary alicyclic amines) is 1. The predicted molar refractivity (Wildman–Crippen MR) is 119 cm³/mol. The van der Waals surface area contributed by atoms with Gasteiger partial charge in [0.1, 0.15) is 4.21 Å². The summed E-state index contributed by atoms with van der Waals surface area (Å²) in [4.78, 5) is 15.2. The third-order valence-electron chi connectivity index (χ3n) is 5.91. The highest BCUT2D eigenvalue weighted by atomic mass is 32.2. The zero-order valence-corrected chi connectivity index (χ0v) is 18.8. The standard InChI is InChI=1S/C22H29N3O3S2/c26-22(20-8-4-12-25(17-20)30(27,28)21-9-5-13-29-21)23-15-18-6-3-7-19(14-18)16-24-10-1-2-11-24/h3,5-7,9,13-14,20H,1-2,4,8,10-12,15-17H2,(H,23,26)/t20-/m0/s1. The first-order chi connectivity index (χ1) is 14.5. The molecule has 2 saturated heterocycles. The molecule has 30 heavy (non-hydrogen) atoms. The average Bonchev–Trinajstić information content (AvgIpc) is 3.47. The second-order valence-electron chi connectivity index (χ2n) is 8.16. The van der Waals surface area contributed by atoms with Crippen LogP contribution in [0.1, 0.15) is 36.8 Å². The lowest BCUT2D eigenvalue weighted by molar-refractivity contribution is -0.126. The van der Waals surface area contributed by atoms with Crippen LogP contribution >= 0.6 is 11.3 Å². The molecule has 4 rings (SSSR count). The summed E-state index contributed by atoms with van der Waals surface area (Å²) >= 11 is 1.22. The number of carbonyl (C=O) groups excluding carboxylic acids is 1. The third-order valence-corrected chi connectivity index (χ3v) is 9.15. The van der Waals surface area contributed by atoms with Gasteiger partial charge in [0, 0.05) is 26.2 Å². The van der Waals surface area contributed by atoms with Crippen molar-refractivity contribution in [2.24, 2.45) is 5.92 Å². The maximum absolute atomic E-state index is 12.8. The largest absolute Gasteiger partial charge is 0.352 e. The Balaban J connectivity index is 1.33. The van der Waals surface area contributed by atoms with Crippen LogP contribution in [0.3, 0.4) is 0 Å². The molecule has 0 aliphatic carbocycles. The van der Waals surface area contributed by atoms with Crippen molar-refractivity contribution in [3.8, 4) is 0 Å². The van der Waals surface area contributed by atoms with E-state index >= 15 is 0 Å². The monoisotopic (exact) mass is 447 g/mol. The fourth-order valence-electron chi connectivity index (χ4n) is 4.28. The second kappa shape index (κ2) is 9.60. The summed E-state index contributed by atoms with van der Waals surface area (Å²) in [5.74, 6) is -0.368. The SMILES string of the molecule is O=C(NCc1cccc(CN2CCCC2)c1)[C@H]1CCCN(S(=O)(=O)c2cccs2)C1. The molecule has 0 unspecified atom stereocenters. The molecule has 2 aromatic rings. The maximum atomic E-state index is 12.8. The molecule has 2 aliphatic rings. The molecule has 0 spiro atoms. The zero-order chi connectivity index (χ0) is 21.0. The fraction of sp³-hybridized carbons (Fsp3) is 0.500. The highest BCUT2D eigenvalue weighted by Crippen LogP contribution is 2.26. The molecule has 0 bridgehead atoms. The summed E-state index contributed by atoms with van der Waals surface area (Å²) in [6.07, 6.45) is 3.97. The van der Waals surface area contributed by atoms with Crippen LogP contribution in [-0.2, 0) is 27.9 Å². The topological polar surface area (TPSA) is 69.7 Å². The molecule has 1 amide bonds. The highest BCUT2D eigenvalue weighted by molar-refractivity contribution is 7.91. The van der Waals surface area contributed by atoms with Crippen molar-refractivity contribution < 1.29 is 13.2 Å². The number of rotatable bonds is 7. The molecule has 1 atom stereocenters. The lowest BCUT2D eigenvalue weighted by Crippen LogP contribution is -2.45. The van der Waals surface area contributed by atoms with E-state index in [1.807, 2.05) is 12.1 Å². The summed E-state index contributed by atoms with van der Waals surface area (Å²) in [6, 6.07) is 11.7. The number of benzene rings is 1. The molecule has 3 heterocycles. The van der Waals surface area contributed by atoms with Crippen molar-refractivity contribution in [3.05, 3.63) is 52.9 Å². The Labute approximate surface area is 182 Å². The molecule has 2 fully saturated rings. The summed E-state index contributed by atoms with van der Waals surface area (Å²) in [5, 5.41) is 4.79. The van der Waals surface area contributed by atoms with Crippen LogP contribution in [0.4, 0.5) is 0 Å². The van der Waals surface area contributed by atoms with E-state index in [1.54, 1.807) is 17.5 Å². The average molecular weight is 448 g/mol. The van der Waals surface area contributed by atoms with Crippen molar-refractivity contribution >= 4 is 27.3 Å². The van der Waals surface area contributed by atoms with Gasteiger partial charge in [-0.1, -0.05) is 30.3 Å². The molecule has 6 nitrogen and oxygen atoms in total. The van der Waals surface area contributed by atoms with Gasteiger partial charge in [0.25, 0.3) is 10.0 Å². The van der Waals surface area contributed by atoms with Crippen LogP contribution in [0.15, 0.2) is 46.0 Å². The quantitative estimate of drug-likeness (QED) is 0.708. The van der Waals surface area contributed by atoms with Crippen LogP contribution in [0.2, 0.25) is 0 Å². The molecule has 1 aromatic carbocycles. The van der Waals surface area contributed by atoms with Gasteiger partial charge < -0.3 is 5.32 Å². The van der Waals surface area contributed by atoms with E-state index in [-0.39, 0.29) is 18.4 Å². The smallest absolute Gasteiger partial charge is 0.252 e. The number of amides is 1. The second-order valence-corrected chi connectivity index (χ2v) is 11.3. The fourth-order valence-corrected chi connectivity index (χ4v) is 6.95. The first kappa shape index (κ1) is 21.5. The highest BCUT2D eigenvalue weighted by Gasteiger charge is 2.33. The van der Waals surface area contributed by atoms with Gasteiger partial charge in [-0.2, -0.15) is 4.31 Å². The van der Waals surface area contributed by atoms with Crippen molar-refractivity contribution in [1.82, 2.24) is 14.5 Å². The van der Waals surface area contributed by atoms with Crippen LogP contribution in [0.5, 0.6) is 0 Å². The van der Waals surface area contributed by atoms with Crippen molar-refractivity contribution in [2.45, 2.75) is 43.0 Å². The number of nitrogens with zero attached hydrogens (tertiary/aromatic N) is 2. The molecule has 0 radical (unpaired) electrons. The first-order valence-corrected chi connectivity index (χ1v) is 13.0. The van der Waals surface area contributed by atoms with E-state index in [2.05, 4.69) is 22.3 Å². The summed E-state index contributed by atoms with van der Waals surface area (Å²) in [5.41, 5.74) is 2.36. The van der Waals surface area contributed by atoms with Gasteiger partial charge in [0.15, 0.2) is 0 Å². The molecular weight excluding hydrogens is 418 g/mol. The Bertz CT molecular complexity index is 954. The summed E-state index contributed by atoms with van der Waals surface area (Å²) in [6.45, 7) is 4.48. The minimum absolute atomic E-state index is 0.0639. The van der Waals surface area contributed by atoms with Gasteiger partial charge in [-0.25, -0.2) is 8.42 Å². The number of piperidine rings is 1. The molecular formula is C22H29N3O3S2. The Morgan fingerprint density at radius 2 is 1.87 bits per heavy atom. The lowest BCUT2D eigenvalue weighted by Gasteiger charge is -2.30. The molecule has 2 aliphatic heterocycles. The molecule has 1 aromatic heterocycles. The van der Waals surface area contributed by atoms with E-state index < -0.39 is 10.0 Å². The number of sulfonamides is 1. The normalized spacial score (nSPS) is 21.0. The van der Waals surface area contributed by atoms with Crippen molar-refractivity contribution in [2.75, 3.05) is 26.2 Å². The van der Waals surface area contributed by atoms with Crippen LogP contribution in [0.25, 0.3) is 0 Å². The first-order valence-electron chi connectivity index (χ1n) is 10.6. The molecule has 0 saturated carbocycles. The summed E-state index contributed by atoms with van der Waals surface area (Å²) in [7, 11) is -3.50. The molecule has 162 valence electrons.